The SMILES string of the molecule is Cc1noc([C@H](C)N2CCN(C(c3ccccc3)c3ccccc3)CC2)n1. The second-order valence-corrected chi connectivity index (χ2v) is 7.15. The molecule has 1 aliphatic heterocycles. The summed E-state index contributed by atoms with van der Waals surface area (Å²) in [5.74, 6) is 1.41. The summed E-state index contributed by atoms with van der Waals surface area (Å²) in [6, 6.07) is 22.0. The minimum Gasteiger partial charge on any atom is -0.338 e. The van der Waals surface area contributed by atoms with Crippen LogP contribution in [0.5, 0.6) is 0 Å². The van der Waals surface area contributed by atoms with Crippen molar-refractivity contribution in [2.75, 3.05) is 26.2 Å². The molecule has 4 rings (SSSR count). The van der Waals surface area contributed by atoms with E-state index in [1.54, 1.807) is 0 Å². The van der Waals surface area contributed by atoms with Gasteiger partial charge in [0, 0.05) is 26.2 Å². The molecule has 2 aromatic carbocycles. The molecule has 5 nitrogen and oxygen atoms in total. The van der Waals surface area contributed by atoms with E-state index in [1.807, 2.05) is 6.92 Å². The lowest BCUT2D eigenvalue weighted by Crippen LogP contribution is -2.48. The summed E-state index contributed by atoms with van der Waals surface area (Å²) in [5.41, 5.74) is 2.69. The average molecular weight is 362 g/mol. The molecule has 5 heteroatoms. The summed E-state index contributed by atoms with van der Waals surface area (Å²) in [4.78, 5) is 9.41. The Morgan fingerprint density at radius 1 is 0.815 bits per heavy atom. The number of aromatic nitrogens is 2. The Morgan fingerprint density at radius 3 is 1.81 bits per heavy atom. The predicted octanol–water partition coefficient (Wildman–Crippen LogP) is 3.85. The van der Waals surface area contributed by atoms with Crippen molar-refractivity contribution < 1.29 is 4.52 Å². The Hall–Kier alpha value is -2.50. The second kappa shape index (κ2) is 8.03. The first kappa shape index (κ1) is 17.9. The van der Waals surface area contributed by atoms with Gasteiger partial charge in [-0.15, -0.1) is 0 Å². The number of piperazine rings is 1. The van der Waals surface area contributed by atoms with Crippen molar-refractivity contribution >= 4 is 0 Å². The quantitative estimate of drug-likeness (QED) is 0.690. The normalized spacial score (nSPS) is 17.3. The van der Waals surface area contributed by atoms with E-state index < -0.39 is 0 Å². The van der Waals surface area contributed by atoms with Gasteiger partial charge in [0.15, 0.2) is 5.82 Å². The molecule has 140 valence electrons. The topological polar surface area (TPSA) is 45.4 Å². The van der Waals surface area contributed by atoms with Gasteiger partial charge in [-0.25, -0.2) is 0 Å². The summed E-state index contributed by atoms with van der Waals surface area (Å²) < 4.78 is 5.38. The molecular weight excluding hydrogens is 336 g/mol. The molecule has 1 atom stereocenters. The van der Waals surface area contributed by atoms with Crippen LogP contribution in [0.2, 0.25) is 0 Å². The molecule has 0 amide bonds. The van der Waals surface area contributed by atoms with E-state index in [2.05, 4.69) is 87.5 Å². The van der Waals surface area contributed by atoms with Gasteiger partial charge >= 0.3 is 0 Å². The molecule has 0 bridgehead atoms. The van der Waals surface area contributed by atoms with E-state index in [0.717, 1.165) is 26.2 Å². The number of nitrogens with zero attached hydrogens (tertiary/aromatic N) is 4. The fourth-order valence-electron chi connectivity index (χ4n) is 3.91. The standard InChI is InChI=1S/C22H26N4O/c1-17(22-23-18(2)24-27-22)25-13-15-26(16-14-25)21(19-9-5-3-6-10-19)20-11-7-4-8-12-20/h3-12,17,21H,13-16H2,1-2H3/t17-/m0/s1. The Balaban J connectivity index is 1.50. The van der Waals surface area contributed by atoms with Crippen molar-refractivity contribution in [3.05, 3.63) is 83.5 Å². The zero-order valence-electron chi connectivity index (χ0n) is 16.0. The summed E-state index contributed by atoms with van der Waals surface area (Å²) in [5, 5.41) is 3.93. The number of rotatable bonds is 5. The van der Waals surface area contributed by atoms with E-state index in [1.165, 1.54) is 11.1 Å². The Morgan fingerprint density at radius 2 is 1.33 bits per heavy atom. The third-order valence-corrected chi connectivity index (χ3v) is 5.39. The smallest absolute Gasteiger partial charge is 0.243 e. The molecule has 3 aromatic rings. The van der Waals surface area contributed by atoms with Crippen LogP contribution in [-0.2, 0) is 0 Å². The van der Waals surface area contributed by atoms with Gasteiger partial charge in [-0.05, 0) is 25.0 Å². The molecular formula is C22H26N4O. The maximum absolute atomic E-state index is 5.38. The Kier molecular flexibility index (Phi) is 5.32. The zero-order chi connectivity index (χ0) is 18.6. The summed E-state index contributed by atoms with van der Waals surface area (Å²) >= 11 is 0. The highest BCUT2D eigenvalue weighted by molar-refractivity contribution is 5.32. The van der Waals surface area contributed by atoms with Crippen molar-refractivity contribution in [3.8, 4) is 0 Å². The summed E-state index contributed by atoms with van der Waals surface area (Å²) in [6.45, 7) is 7.99. The van der Waals surface area contributed by atoms with Crippen LogP contribution in [0.25, 0.3) is 0 Å². The minimum absolute atomic E-state index is 0.153. The first-order valence-electron chi connectivity index (χ1n) is 9.60. The van der Waals surface area contributed by atoms with E-state index in [9.17, 15) is 0 Å². The molecule has 1 aliphatic rings. The van der Waals surface area contributed by atoms with E-state index in [-0.39, 0.29) is 12.1 Å². The monoisotopic (exact) mass is 362 g/mol. The molecule has 0 spiro atoms. The molecule has 2 heterocycles. The molecule has 27 heavy (non-hydrogen) atoms. The maximum Gasteiger partial charge on any atom is 0.243 e. The number of aryl methyl sites for hydroxylation is 1. The lowest BCUT2D eigenvalue weighted by molar-refractivity contribution is 0.0726. The predicted molar refractivity (Wildman–Crippen MR) is 105 cm³/mol. The van der Waals surface area contributed by atoms with Gasteiger partial charge in [0.25, 0.3) is 0 Å². The van der Waals surface area contributed by atoms with Crippen LogP contribution in [0.15, 0.2) is 65.2 Å². The third-order valence-electron chi connectivity index (χ3n) is 5.39. The van der Waals surface area contributed by atoms with Gasteiger partial charge in [0.05, 0.1) is 12.1 Å². The highest BCUT2D eigenvalue weighted by Crippen LogP contribution is 2.30. The van der Waals surface area contributed by atoms with Crippen LogP contribution in [0, 0.1) is 6.92 Å². The molecule has 1 aromatic heterocycles. The van der Waals surface area contributed by atoms with Crippen LogP contribution in [-0.4, -0.2) is 46.1 Å². The molecule has 1 saturated heterocycles. The average Bonchev–Trinajstić information content (AvgIpc) is 3.16. The lowest BCUT2D eigenvalue weighted by Gasteiger charge is -2.41. The van der Waals surface area contributed by atoms with Crippen LogP contribution in [0.1, 0.15) is 41.8 Å². The Bertz CT molecular complexity index is 802. The van der Waals surface area contributed by atoms with Crippen LogP contribution >= 0.6 is 0 Å². The molecule has 1 fully saturated rings. The van der Waals surface area contributed by atoms with Crippen molar-refractivity contribution in [1.29, 1.82) is 0 Å². The van der Waals surface area contributed by atoms with E-state index >= 15 is 0 Å². The van der Waals surface area contributed by atoms with Crippen molar-refractivity contribution in [2.45, 2.75) is 25.9 Å². The highest BCUT2D eigenvalue weighted by atomic mass is 16.5. The van der Waals surface area contributed by atoms with Crippen molar-refractivity contribution in [1.82, 2.24) is 19.9 Å². The lowest BCUT2D eigenvalue weighted by atomic mass is 9.96. The largest absolute Gasteiger partial charge is 0.338 e. The fourth-order valence-corrected chi connectivity index (χ4v) is 3.91. The van der Waals surface area contributed by atoms with Crippen molar-refractivity contribution in [2.24, 2.45) is 0 Å². The van der Waals surface area contributed by atoms with Crippen LogP contribution < -0.4 is 0 Å². The number of hydrogen-bond acceptors (Lipinski definition) is 5. The maximum atomic E-state index is 5.38. The minimum atomic E-state index is 0.153. The number of benzene rings is 2. The highest BCUT2D eigenvalue weighted by Gasteiger charge is 2.29. The summed E-state index contributed by atoms with van der Waals surface area (Å²) in [6.07, 6.45) is 0. The van der Waals surface area contributed by atoms with E-state index in [0.29, 0.717) is 11.7 Å². The van der Waals surface area contributed by atoms with Crippen LogP contribution in [0.3, 0.4) is 0 Å². The van der Waals surface area contributed by atoms with Crippen molar-refractivity contribution in [3.63, 3.8) is 0 Å². The third kappa shape index (κ3) is 3.94. The van der Waals surface area contributed by atoms with Gasteiger partial charge in [-0.1, -0.05) is 65.8 Å². The van der Waals surface area contributed by atoms with Gasteiger partial charge in [-0.2, -0.15) is 4.98 Å². The molecule has 0 unspecified atom stereocenters. The van der Waals surface area contributed by atoms with Gasteiger partial charge in [0.1, 0.15) is 0 Å². The molecule has 0 saturated carbocycles. The van der Waals surface area contributed by atoms with Gasteiger partial charge in [0.2, 0.25) is 5.89 Å². The first-order chi connectivity index (χ1) is 13.2. The molecule has 0 radical (unpaired) electrons. The zero-order valence-corrected chi connectivity index (χ0v) is 16.0. The second-order valence-electron chi connectivity index (χ2n) is 7.15. The van der Waals surface area contributed by atoms with Crippen LogP contribution in [0.4, 0.5) is 0 Å². The first-order valence-corrected chi connectivity index (χ1v) is 9.60. The molecule has 0 aliphatic carbocycles. The fraction of sp³-hybridized carbons (Fsp3) is 0.364. The number of hydrogen-bond donors (Lipinski definition) is 0. The van der Waals surface area contributed by atoms with E-state index in [4.69, 9.17) is 4.52 Å². The van der Waals surface area contributed by atoms with Gasteiger partial charge in [-0.3, -0.25) is 9.80 Å². The molecule has 0 N–H and O–H groups in total. The van der Waals surface area contributed by atoms with Gasteiger partial charge < -0.3 is 4.52 Å². The Labute approximate surface area is 160 Å². The summed E-state index contributed by atoms with van der Waals surface area (Å²) in [7, 11) is 0.